The lowest BCUT2D eigenvalue weighted by Crippen LogP contribution is -2.30. The van der Waals surface area contributed by atoms with Gasteiger partial charge < -0.3 is 10.2 Å². The van der Waals surface area contributed by atoms with Gasteiger partial charge in [0.1, 0.15) is 0 Å². The Labute approximate surface area is 158 Å². The number of fused-ring (bicyclic) bond motifs is 1. The van der Waals surface area contributed by atoms with Crippen LogP contribution in [0.25, 0.3) is 0 Å². The van der Waals surface area contributed by atoms with E-state index in [-0.39, 0.29) is 5.91 Å². The number of benzene rings is 2. The molecule has 26 heavy (non-hydrogen) atoms. The smallest absolute Gasteiger partial charge is 0.228 e. The molecule has 1 aliphatic rings. The molecular formula is C22H22N2OS. The van der Waals surface area contributed by atoms with Gasteiger partial charge >= 0.3 is 0 Å². The lowest BCUT2D eigenvalue weighted by atomic mass is 10.1. The van der Waals surface area contributed by atoms with Gasteiger partial charge in [-0.05, 0) is 48.1 Å². The van der Waals surface area contributed by atoms with Gasteiger partial charge in [-0.1, -0.05) is 42.0 Å². The third kappa shape index (κ3) is 3.65. The molecule has 0 fully saturated rings. The maximum absolute atomic E-state index is 12.5. The van der Waals surface area contributed by atoms with Crippen LogP contribution < -0.4 is 10.2 Å². The molecule has 3 nitrogen and oxygen atoms in total. The SMILES string of the molecule is Cc1ccc(CC(=O)Nc2ccccc2N2CCc3sccc3C2)cc1. The molecule has 1 aliphatic heterocycles. The van der Waals surface area contributed by atoms with Crippen molar-refractivity contribution in [1.29, 1.82) is 0 Å². The molecule has 0 bridgehead atoms. The fourth-order valence-electron chi connectivity index (χ4n) is 3.39. The van der Waals surface area contributed by atoms with E-state index in [1.54, 1.807) is 0 Å². The normalized spacial score (nSPS) is 13.3. The molecule has 2 aromatic carbocycles. The summed E-state index contributed by atoms with van der Waals surface area (Å²) in [6.45, 7) is 3.94. The quantitative estimate of drug-likeness (QED) is 0.723. The molecule has 4 heteroatoms. The highest BCUT2D eigenvalue weighted by Gasteiger charge is 2.20. The topological polar surface area (TPSA) is 32.3 Å². The number of hydrogen-bond acceptors (Lipinski definition) is 3. The highest BCUT2D eigenvalue weighted by atomic mass is 32.1. The maximum atomic E-state index is 12.5. The zero-order valence-electron chi connectivity index (χ0n) is 14.9. The highest BCUT2D eigenvalue weighted by Crippen LogP contribution is 2.32. The van der Waals surface area contributed by atoms with E-state index in [0.29, 0.717) is 6.42 Å². The van der Waals surface area contributed by atoms with Crippen molar-refractivity contribution in [2.45, 2.75) is 26.3 Å². The summed E-state index contributed by atoms with van der Waals surface area (Å²) >= 11 is 1.84. The van der Waals surface area contributed by atoms with Gasteiger partial charge in [-0.25, -0.2) is 0 Å². The second-order valence-electron chi connectivity index (χ2n) is 6.77. The minimum atomic E-state index is 0.0227. The number of aryl methyl sites for hydroxylation is 1. The molecule has 0 saturated carbocycles. The van der Waals surface area contributed by atoms with Crippen molar-refractivity contribution in [1.82, 2.24) is 0 Å². The molecule has 2 heterocycles. The molecule has 0 aliphatic carbocycles. The van der Waals surface area contributed by atoms with E-state index in [9.17, 15) is 4.79 Å². The van der Waals surface area contributed by atoms with Crippen LogP contribution in [0.4, 0.5) is 11.4 Å². The van der Waals surface area contributed by atoms with Gasteiger partial charge in [0.25, 0.3) is 0 Å². The van der Waals surface area contributed by atoms with Crippen LogP contribution in [0.1, 0.15) is 21.6 Å². The second-order valence-corrected chi connectivity index (χ2v) is 7.77. The average Bonchev–Trinajstić information content (AvgIpc) is 3.12. The first-order chi connectivity index (χ1) is 12.7. The first kappa shape index (κ1) is 16.9. The van der Waals surface area contributed by atoms with Crippen molar-refractivity contribution in [2.24, 2.45) is 0 Å². The minimum Gasteiger partial charge on any atom is -0.365 e. The van der Waals surface area contributed by atoms with Crippen LogP contribution in [0.15, 0.2) is 60.0 Å². The van der Waals surface area contributed by atoms with E-state index in [1.165, 1.54) is 16.0 Å². The summed E-state index contributed by atoms with van der Waals surface area (Å²) in [5.41, 5.74) is 5.64. The number of para-hydroxylation sites is 2. The molecule has 1 N–H and O–H groups in total. The van der Waals surface area contributed by atoms with Crippen molar-refractivity contribution >= 4 is 28.6 Å². The highest BCUT2D eigenvalue weighted by molar-refractivity contribution is 7.10. The Kier molecular flexibility index (Phi) is 4.76. The Morgan fingerprint density at radius 1 is 1.12 bits per heavy atom. The van der Waals surface area contributed by atoms with Crippen molar-refractivity contribution in [3.8, 4) is 0 Å². The molecule has 1 amide bonds. The maximum Gasteiger partial charge on any atom is 0.228 e. The van der Waals surface area contributed by atoms with Crippen LogP contribution in [-0.2, 0) is 24.2 Å². The molecule has 0 unspecified atom stereocenters. The summed E-state index contributed by atoms with van der Waals surface area (Å²) in [6, 6.07) is 18.4. The van der Waals surface area contributed by atoms with Gasteiger partial charge in [0.2, 0.25) is 5.91 Å². The molecule has 3 aromatic rings. The minimum absolute atomic E-state index is 0.0227. The Morgan fingerprint density at radius 2 is 1.92 bits per heavy atom. The van der Waals surface area contributed by atoms with Crippen molar-refractivity contribution in [3.05, 3.63) is 81.5 Å². The number of nitrogens with zero attached hydrogens (tertiary/aromatic N) is 1. The third-order valence-electron chi connectivity index (χ3n) is 4.81. The third-order valence-corrected chi connectivity index (χ3v) is 5.83. The van der Waals surface area contributed by atoms with Crippen molar-refractivity contribution in [3.63, 3.8) is 0 Å². The van der Waals surface area contributed by atoms with Gasteiger partial charge in [-0.3, -0.25) is 4.79 Å². The largest absolute Gasteiger partial charge is 0.365 e. The lowest BCUT2D eigenvalue weighted by Gasteiger charge is -2.30. The van der Waals surface area contributed by atoms with Crippen LogP contribution in [0.2, 0.25) is 0 Å². The van der Waals surface area contributed by atoms with E-state index in [1.807, 2.05) is 53.8 Å². The Hall–Kier alpha value is -2.59. The molecule has 132 valence electrons. The fourth-order valence-corrected chi connectivity index (χ4v) is 4.28. The van der Waals surface area contributed by atoms with Crippen LogP contribution in [0.3, 0.4) is 0 Å². The predicted octanol–water partition coefficient (Wildman–Crippen LogP) is 4.80. The average molecular weight is 362 g/mol. The Morgan fingerprint density at radius 3 is 2.77 bits per heavy atom. The van der Waals surface area contributed by atoms with E-state index >= 15 is 0 Å². The molecule has 0 saturated heterocycles. The van der Waals surface area contributed by atoms with Crippen molar-refractivity contribution in [2.75, 3.05) is 16.8 Å². The molecule has 0 radical (unpaired) electrons. The number of anilines is 2. The van der Waals surface area contributed by atoms with E-state index in [4.69, 9.17) is 0 Å². The summed E-state index contributed by atoms with van der Waals surface area (Å²) in [6.07, 6.45) is 1.46. The Balaban J connectivity index is 1.49. The van der Waals surface area contributed by atoms with Crippen LogP contribution in [0, 0.1) is 6.92 Å². The first-order valence-electron chi connectivity index (χ1n) is 8.93. The van der Waals surface area contributed by atoms with Crippen molar-refractivity contribution < 1.29 is 4.79 Å². The van der Waals surface area contributed by atoms with Crippen LogP contribution in [-0.4, -0.2) is 12.5 Å². The first-order valence-corrected chi connectivity index (χ1v) is 9.81. The van der Waals surface area contributed by atoms with Gasteiger partial charge in [-0.2, -0.15) is 0 Å². The Bertz CT molecular complexity index is 914. The monoisotopic (exact) mass is 362 g/mol. The summed E-state index contributed by atoms with van der Waals surface area (Å²) < 4.78 is 0. The predicted molar refractivity (Wildman–Crippen MR) is 109 cm³/mol. The fraction of sp³-hybridized carbons (Fsp3) is 0.227. The second kappa shape index (κ2) is 7.34. The number of thiophene rings is 1. The van der Waals surface area contributed by atoms with Crippen LogP contribution in [0.5, 0.6) is 0 Å². The van der Waals surface area contributed by atoms with E-state index < -0.39 is 0 Å². The molecule has 1 aromatic heterocycles. The van der Waals surface area contributed by atoms with E-state index in [0.717, 1.165) is 36.4 Å². The number of rotatable bonds is 4. The zero-order valence-corrected chi connectivity index (χ0v) is 15.7. The number of carbonyl (C=O) groups is 1. The van der Waals surface area contributed by atoms with Crippen LogP contribution >= 0.6 is 11.3 Å². The lowest BCUT2D eigenvalue weighted by molar-refractivity contribution is -0.115. The van der Waals surface area contributed by atoms with Gasteiger partial charge in [0.15, 0.2) is 0 Å². The number of amides is 1. The summed E-state index contributed by atoms with van der Waals surface area (Å²) in [7, 11) is 0. The van der Waals surface area contributed by atoms with Gasteiger partial charge in [0, 0.05) is 18.0 Å². The molecule has 4 rings (SSSR count). The van der Waals surface area contributed by atoms with Gasteiger partial charge in [0.05, 0.1) is 17.8 Å². The molecular weight excluding hydrogens is 340 g/mol. The standard InChI is InChI=1S/C22H22N2OS/c1-16-6-8-17(9-7-16)14-22(25)23-19-4-2-3-5-20(19)24-12-10-21-18(15-24)11-13-26-21/h2-9,11,13H,10,12,14-15H2,1H3,(H,23,25). The van der Waals surface area contributed by atoms with E-state index in [2.05, 4.69) is 34.7 Å². The molecule has 0 spiro atoms. The summed E-state index contributed by atoms with van der Waals surface area (Å²) in [5, 5.41) is 5.28. The molecule has 0 atom stereocenters. The summed E-state index contributed by atoms with van der Waals surface area (Å²) in [5.74, 6) is 0.0227. The number of nitrogens with one attached hydrogen (secondary N) is 1. The summed E-state index contributed by atoms with van der Waals surface area (Å²) in [4.78, 5) is 16.4. The van der Waals surface area contributed by atoms with Gasteiger partial charge in [-0.15, -0.1) is 11.3 Å². The number of hydrogen-bond donors (Lipinski definition) is 1. The number of carbonyl (C=O) groups excluding carboxylic acids is 1. The zero-order chi connectivity index (χ0) is 17.9.